The number of carbonyl (C=O) groups is 1. The van der Waals surface area contributed by atoms with Gasteiger partial charge in [-0.3, -0.25) is 14.9 Å². The van der Waals surface area contributed by atoms with Crippen LogP contribution in [0.25, 0.3) is 0 Å². The van der Waals surface area contributed by atoms with Crippen LogP contribution in [0.3, 0.4) is 0 Å². The standard InChI is InChI=1S/C20H21ClFN3O7S/c21-15-11-14(1-2-16(15)22)33(29,30)23-13-5-10-31-20(12-13)6-8-24(9-7-20)19(26)17-3-4-18(32-17)25(27)28/h1-4,11,13,23H,5-10,12H2. The monoisotopic (exact) mass is 501 g/mol. The van der Waals surface area contributed by atoms with Crippen molar-refractivity contribution in [2.24, 2.45) is 0 Å². The first-order valence-corrected chi connectivity index (χ1v) is 12.1. The van der Waals surface area contributed by atoms with Gasteiger partial charge in [0.1, 0.15) is 10.7 Å². The Balaban J connectivity index is 1.38. The summed E-state index contributed by atoms with van der Waals surface area (Å²) in [6.07, 6.45) is 1.83. The Morgan fingerprint density at radius 1 is 1.27 bits per heavy atom. The van der Waals surface area contributed by atoms with Gasteiger partial charge in [0.05, 0.1) is 21.6 Å². The van der Waals surface area contributed by atoms with Gasteiger partial charge in [-0.2, -0.15) is 0 Å². The molecule has 1 aromatic heterocycles. The van der Waals surface area contributed by atoms with Gasteiger partial charge in [0.25, 0.3) is 5.91 Å². The van der Waals surface area contributed by atoms with E-state index in [-0.39, 0.29) is 15.7 Å². The Labute approximate surface area is 193 Å². The van der Waals surface area contributed by atoms with Gasteiger partial charge in [0, 0.05) is 25.7 Å². The third-order valence-electron chi connectivity index (χ3n) is 5.96. The van der Waals surface area contributed by atoms with E-state index < -0.39 is 44.2 Å². The molecule has 0 aliphatic carbocycles. The fourth-order valence-electron chi connectivity index (χ4n) is 4.22. The molecule has 3 heterocycles. The molecule has 0 saturated carbocycles. The summed E-state index contributed by atoms with van der Waals surface area (Å²) in [5.74, 6) is -1.75. The van der Waals surface area contributed by atoms with Gasteiger partial charge in [-0.25, -0.2) is 17.5 Å². The van der Waals surface area contributed by atoms with Gasteiger partial charge >= 0.3 is 5.88 Å². The van der Waals surface area contributed by atoms with Crippen LogP contribution in [0.2, 0.25) is 5.02 Å². The van der Waals surface area contributed by atoms with Gasteiger partial charge in [-0.15, -0.1) is 0 Å². The highest BCUT2D eigenvalue weighted by molar-refractivity contribution is 7.89. The summed E-state index contributed by atoms with van der Waals surface area (Å²) in [5, 5.41) is 10.5. The Hall–Kier alpha value is -2.54. The van der Waals surface area contributed by atoms with Crippen LogP contribution >= 0.6 is 11.6 Å². The quantitative estimate of drug-likeness (QED) is 0.491. The highest BCUT2D eigenvalue weighted by Gasteiger charge is 2.42. The molecule has 4 rings (SSSR count). The number of benzene rings is 1. The minimum absolute atomic E-state index is 0.106. The SMILES string of the molecule is O=C(c1ccc([N+](=O)[O-])o1)N1CCC2(CC1)CC(NS(=O)(=O)c1ccc(F)c(Cl)c1)CCO2. The maximum Gasteiger partial charge on any atom is 0.433 e. The van der Waals surface area contributed by atoms with E-state index in [9.17, 15) is 27.7 Å². The molecule has 2 aromatic rings. The van der Waals surface area contributed by atoms with Crippen LogP contribution in [0, 0.1) is 15.9 Å². The van der Waals surface area contributed by atoms with Crippen molar-refractivity contribution in [1.29, 1.82) is 0 Å². The molecule has 33 heavy (non-hydrogen) atoms. The Morgan fingerprint density at radius 3 is 2.64 bits per heavy atom. The molecule has 2 aliphatic heterocycles. The van der Waals surface area contributed by atoms with Crippen molar-refractivity contribution < 1.29 is 31.7 Å². The number of hydrogen-bond acceptors (Lipinski definition) is 7. The van der Waals surface area contributed by atoms with Crippen LogP contribution in [0.4, 0.5) is 10.3 Å². The predicted molar refractivity (Wildman–Crippen MR) is 114 cm³/mol. The molecule has 1 unspecified atom stereocenters. The zero-order valence-corrected chi connectivity index (χ0v) is 18.9. The second-order valence-corrected chi connectivity index (χ2v) is 10.2. The molecule has 2 aliphatic rings. The molecular formula is C20H21ClFN3O7S. The Bertz CT molecular complexity index is 1180. The summed E-state index contributed by atoms with van der Waals surface area (Å²) in [4.78, 5) is 24.1. The lowest BCUT2D eigenvalue weighted by Crippen LogP contribution is -2.54. The molecule has 178 valence electrons. The van der Waals surface area contributed by atoms with Crippen molar-refractivity contribution in [3.8, 4) is 0 Å². The fraction of sp³-hybridized carbons (Fsp3) is 0.450. The number of nitrogens with one attached hydrogen (secondary N) is 1. The van der Waals surface area contributed by atoms with Crippen LogP contribution in [-0.4, -0.2) is 55.5 Å². The van der Waals surface area contributed by atoms with Gasteiger partial charge in [0.2, 0.25) is 10.0 Å². The molecule has 1 atom stereocenters. The molecule has 2 fully saturated rings. The third kappa shape index (κ3) is 5.03. The van der Waals surface area contributed by atoms with E-state index in [0.29, 0.717) is 45.4 Å². The number of rotatable bonds is 5. The van der Waals surface area contributed by atoms with E-state index in [0.717, 1.165) is 24.3 Å². The topological polar surface area (TPSA) is 132 Å². The van der Waals surface area contributed by atoms with Crippen LogP contribution in [0.15, 0.2) is 39.6 Å². The van der Waals surface area contributed by atoms with Gasteiger partial charge < -0.3 is 14.1 Å². The van der Waals surface area contributed by atoms with Crippen molar-refractivity contribution in [3.05, 3.63) is 57.0 Å². The van der Waals surface area contributed by atoms with Gasteiger partial charge in [-0.1, -0.05) is 11.6 Å². The number of hydrogen-bond donors (Lipinski definition) is 1. The first-order chi connectivity index (χ1) is 15.6. The Morgan fingerprint density at radius 2 is 2.00 bits per heavy atom. The average molecular weight is 502 g/mol. The summed E-state index contributed by atoms with van der Waals surface area (Å²) in [5.41, 5.74) is -0.599. The summed E-state index contributed by atoms with van der Waals surface area (Å²) < 4.78 is 52.5. The van der Waals surface area contributed by atoms with Crippen LogP contribution in [0.5, 0.6) is 0 Å². The van der Waals surface area contributed by atoms with Crippen molar-refractivity contribution >= 4 is 33.4 Å². The number of likely N-dealkylation sites (tertiary alicyclic amines) is 1. The van der Waals surface area contributed by atoms with E-state index in [1.54, 1.807) is 0 Å². The minimum Gasteiger partial charge on any atom is -0.395 e. The van der Waals surface area contributed by atoms with E-state index in [1.807, 2.05) is 0 Å². The van der Waals surface area contributed by atoms with E-state index in [2.05, 4.69) is 4.72 Å². The zero-order valence-electron chi connectivity index (χ0n) is 17.3. The lowest BCUT2D eigenvalue weighted by molar-refractivity contribution is -0.402. The summed E-state index contributed by atoms with van der Waals surface area (Å²) >= 11 is 5.72. The molecule has 0 bridgehead atoms. The second-order valence-electron chi connectivity index (χ2n) is 8.11. The van der Waals surface area contributed by atoms with Gasteiger partial charge in [0.15, 0.2) is 5.76 Å². The average Bonchev–Trinajstić information content (AvgIpc) is 3.26. The highest BCUT2D eigenvalue weighted by Crippen LogP contribution is 2.36. The van der Waals surface area contributed by atoms with Gasteiger partial charge in [-0.05, 0) is 49.9 Å². The number of furan rings is 1. The molecule has 1 spiro atoms. The molecule has 13 heteroatoms. The molecule has 2 saturated heterocycles. The summed E-state index contributed by atoms with van der Waals surface area (Å²) in [6, 6.07) is 5.23. The molecular weight excluding hydrogens is 481 g/mol. The van der Waals surface area contributed by atoms with Crippen molar-refractivity contribution in [2.75, 3.05) is 19.7 Å². The molecule has 1 aromatic carbocycles. The largest absolute Gasteiger partial charge is 0.433 e. The van der Waals surface area contributed by atoms with Crippen molar-refractivity contribution in [1.82, 2.24) is 9.62 Å². The lowest BCUT2D eigenvalue weighted by atomic mass is 9.82. The molecule has 1 N–H and O–H groups in total. The van der Waals surface area contributed by atoms with Crippen LogP contribution < -0.4 is 4.72 Å². The maximum atomic E-state index is 13.4. The number of sulfonamides is 1. The fourth-order valence-corrected chi connectivity index (χ4v) is 5.76. The predicted octanol–water partition coefficient (Wildman–Crippen LogP) is 3.11. The number of halogens is 2. The minimum atomic E-state index is -3.91. The maximum absolute atomic E-state index is 13.4. The lowest BCUT2D eigenvalue weighted by Gasteiger charge is -2.46. The van der Waals surface area contributed by atoms with E-state index >= 15 is 0 Å². The zero-order chi connectivity index (χ0) is 23.8. The molecule has 10 nitrogen and oxygen atoms in total. The van der Waals surface area contributed by atoms with Crippen LogP contribution in [0.1, 0.15) is 36.2 Å². The number of nitrogens with zero attached hydrogens (tertiary/aromatic N) is 2. The third-order valence-corrected chi connectivity index (χ3v) is 7.77. The second kappa shape index (κ2) is 9.01. The number of ether oxygens (including phenoxy) is 1. The number of carbonyl (C=O) groups excluding carboxylic acids is 1. The van der Waals surface area contributed by atoms with E-state index in [4.69, 9.17) is 20.8 Å². The number of piperidine rings is 1. The highest BCUT2D eigenvalue weighted by atomic mass is 35.5. The smallest absolute Gasteiger partial charge is 0.395 e. The van der Waals surface area contributed by atoms with E-state index in [1.165, 1.54) is 11.0 Å². The summed E-state index contributed by atoms with van der Waals surface area (Å²) in [6.45, 7) is 1.01. The Kier molecular flexibility index (Phi) is 6.45. The van der Waals surface area contributed by atoms with Crippen molar-refractivity contribution in [3.63, 3.8) is 0 Å². The molecule has 1 amide bonds. The summed E-state index contributed by atoms with van der Waals surface area (Å²) in [7, 11) is -3.91. The number of amides is 1. The first-order valence-electron chi connectivity index (χ1n) is 10.2. The first kappa shape index (κ1) is 23.6. The molecule has 0 radical (unpaired) electrons. The van der Waals surface area contributed by atoms with Crippen LogP contribution in [-0.2, 0) is 14.8 Å². The normalized spacial score (nSPS) is 20.7. The number of nitro groups is 1. The van der Waals surface area contributed by atoms with Crippen molar-refractivity contribution in [2.45, 2.75) is 42.2 Å².